The Bertz CT molecular complexity index is 505. The highest BCUT2D eigenvalue weighted by atomic mass is 16.7. The first-order valence-electron chi connectivity index (χ1n) is 7.26. The molecule has 1 aromatic rings. The fraction of sp³-hybridized carbons (Fsp3) is 0.500. The first kappa shape index (κ1) is 18.9. The SMILES string of the molecule is COCC(CC(C)C)(ONC(=O)OCc1ccccc1)C(=O)O. The van der Waals surface area contributed by atoms with E-state index in [1.807, 2.05) is 37.5 Å². The molecule has 0 bridgehead atoms. The number of carboxylic acids is 1. The summed E-state index contributed by atoms with van der Waals surface area (Å²) < 4.78 is 9.91. The van der Waals surface area contributed by atoms with Gasteiger partial charge < -0.3 is 14.6 Å². The Labute approximate surface area is 135 Å². The molecule has 1 amide bonds. The van der Waals surface area contributed by atoms with Gasteiger partial charge >= 0.3 is 12.1 Å². The van der Waals surface area contributed by atoms with Crippen LogP contribution in [0.2, 0.25) is 0 Å². The molecule has 0 heterocycles. The summed E-state index contributed by atoms with van der Waals surface area (Å²) in [4.78, 5) is 28.4. The number of nitrogens with one attached hydrogen (secondary N) is 1. The zero-order valence-electron chi connectivity index (χ0n) is 13.6. The summed E-state index contributed by atoms with van der Waals surface area (Å²) in [5.74, 6) is -1.18. The number of benzene rings is 1. The predicted octanol–water partition coefficient (Wildman–Crippen LogP) is 2.36. The Morgan fingerprint density at radius 3 is 2.43 bits per heavy atom. The van der Waals surface area contributed by atoms with E-state index in [-0.39, 0.29) is 25.6 Å². The number of carboxylic acid groups (broad SMARTS) is 1. The number of aliphatic carboxylic acids is 1. The summed E-state index contributed by atoms with van der Waals surface area (Å²) in [6.45, 7) is 3.57. The molecule has 1 unspecified atom stereocenters. The van der Waals surface area contributed by atoms with Gasteiger partial charge in [-0.2, -0.15) is 5.48 Å². The lowest BCUT2D eigenvalue weighted by molar-refractivity contribution is -0.187. The Balaban J connectivity index is 2.59. The summed E-state index contributed by atoms with van der Waals surface area (Å²) >= 11 is 0. The molecule has 0 saturated heterocycles. The van der Waals surface area contributed by atoms with Crippen molar-refractivity contribution in [3.05, 3.63) is 35.9 Å². The summed E-state index contributed by atoms with van der Waals surface area (Å²) in [6.07, 6.45) is -0.686. The van der Waals surface area contributed by atoms with E-state index in [1.165, 1.54) is 7.11 Å². The van der Waals surface area contributed by atoms with Crippen molar-refractivity contribution in [1.29, 1.82) is 0 Å². The minimum absolute atomic E-state index is 0.0309. The number of methoxy groups -OCH3 is 1. The number of amides is 1. The Morgan fingerprint density at radius 2 is 1.91 bits per heavy atom. The minimum atomic E-state index is -1.66. The zero-order valence-corrected chi connectivity index (χ0v) is 13.6. The first-order valence-corrected chi connectivity index (χ1v) is 7.26. The van der Waals surface area contributed by atoms with Gasteiger partial charge in [-0.25, -0.2) is 14.4 Å². The molecule has 2 N–H and O–H groups in total. The molecule has 0 spiro atoms. The van der Waals surface area contributed by atoms with Crippen LogP contribution in [0.3, 0.4) is 0 Å². The summed E-state index contributed by atoms with van der Waals surface area (Å²) in [7, 11) is 1.37. The van der Waals surface area contributed by atoms with Gasteiger partial charge in [0, 0.05) is 7.11 Å². The molecule has 0 fully saturated rings. The zero-order chi connectivity index (χ0) is 17.3. The molecular weight excluding hydrogens is 302 g/mol. The standard InChI is InChI=1S/C16H23NO6/c1-12(2)9-16(11-21-3,14(18)19)23-17-15(20)22-10-13-7-5-4-6-8-13/h4-8,12H,9-11H2,1-3H3,(H,17,20)(H,18,19). The van der Waals surface area contributed by atoms with Crippen molar-refractivity contribution >= 4 is 12.1 Å². The number of carbonyl (C=O) groups excluding carboxylic acids is 1. The Hall–Kier alpha value is -2.12. The maximum absolute atomic E-state index is 11.7. The smallest absolute Gasteiger partial charge is 0.431 e. The maximum Gasteiger partial charge on any atom is 0.431 e. The number of ether oxygens (including phenoxy) is 2. The van der Waals surface area contributed by atoms with Crippen molar-refractivity contribution in [2.75, 3.05) is 13.7 Å². The molecule has 128 valence electrons. The lowest BCUT2D eigenvalue weighted by Gasteiger charge is -2.29. The summed E-state index contributed by atoms with van der Waals surface area (Å²) in [5, 5.41) is 9.43. The monoisotopic (exact) mass is 325 g/mol. The van der Waals surface area contributed by atoms with Gasteiger partial charge in [-0.15, -0.1) is 0 Å². The minimum Gasteiger partial charge on any atom is -0.479 e. The number of hydrogen-bond acceptors (Lipinski definition) is 5. The Morgan fingerprint density at radius 1 is 1.26 bits per heavy atom. The van der Waals surface area contributed by atoms with Crippen molar-refractivity contribution in [2.45, 2.75) is 32.5 Å². The van der Waals surface area contributed by atoms with E-state index < -0.39 is 17.7 Å². The van der Waals surface area contributed by atoms with Crippen molar-refractivity contribution in [2.24, 2.45) is 5.92 Å². The van der Waals surface area contributed by atoms with Crippen molar-refractivity contribution in [3.8, 4) is 0 Å². The van der Waals surface area contributed by atoms with Gasteiger partial charge in [0.05, 0.1) is 6.61 Å². The molecule has 23 heavy (non-hydrogen) atoms. The molecule has 0 aromatic heterocycles. The van der Waals surface area contributed by atoms with Gasteiger partial charge in [0.15, 0.2) is 0 Å². The van der Waals surface area contributed by atoms with E-state index in [4.69, 9.17) is 14.3 Å². The molecular formula is C16H23NO6. The average molecular weight is 325 g/mol. The topological polar surface area (TPSA) is 94.1 Å². The molecule has 0 saturated carbocycles. The summed E-state index contributed by atoms with van der Waals surface area (Å²) in [5.41, 5.74) is 1.20. The third kappa shape index (κ3) is 6.25. The van der Waals surface area contributed by atoms with Crippen LogP contribution in [0.4, 0.5) is 4.79 Å². The van der Waals surface area contributed by atoms with Crippen LogP contribution in [0.15, 0.2) is 30.3 Å². The molecule has 7 nitrogen and oxygen atoms in total. The predicted molar refractivity (Wildman–Crippen MR) is 82.5 cm³/mol. The van der Waals surface area contributed by atoms with Crippen LogP contribution >= 0.6 is 0 Å². The van der Waals surface area contributed by atoms with Crippen molar-refractivity contribution < 1.29 is 29.0 Å². The fourth-order valence-electron chi connectivity index (χ4n) is 2.11. The quantitative estimate of drug-likeness (QED) is 0.677. The van der Waals surface area contributed by atoms with E-state index in [0.29, 0.717) is 0 Å². The van der Waals surface area contributed by atoms with E-state index in [0.717, 1.165) is 5.56 Å². The molecule has 0 radical (unpaired) electrons. The van der Waals surface area contributed by atoms with Crippen LogP contribution in [-0.2, 0) is 25.7 Å². The number of hydroxylamine groups is 1. The van der Waals surface area contributed by atoms with Gasteiger partial charge in [-0.1, -0.05) is 44.2 Å². The normalized spacial score (nSPS) is 13.4. The van der Waals surface area contributed by atoms with Gasteiger partial charge in [-0.05, 0) is 17.9 Å². The lowest BCUT2D eigenvalue weighted by Crippen LogP contribution is -2.51. The molecule has 0 aliphatic heterocycles. The summed E-state index contributed by atoms with van der Waals surface area (Å²) in [6, 6.07) is 9.11. The van der Waals surface area contributed by atoms with Gasteiger partial charge in [0.1, 0.15) is 6.61 Å². The number of rotatable bonds is 9. The molecule has 1 aromatic carbocycles. The van der Waals surface area contributed by atoms with Gasteiger partial charge in [0.2, 0.25) is 5.60 Å². The third-order valence-corrected chi connectivity index (χ3v) is 3.05. The van der Waals surface area contributed by atoms with Crippen LogP contribution in [0.1, 0.15) is 25.8 Å². The van der Waals surface area contributed by atoms with Gasteiger partial charge in [-0.3, -0.25) is 0 Å². The second kappa shape index (κ2) is 9.12. The van der Waals surface area contributed by atoms with E-state index >= 15 is 0 Å². The van der Waals surface area contributed by atoms with Crippen molar-refractivity contribution in [1.82, 2.24) is 5.48 Å². The molecule has 1 rings (SSSR count). The highest BCUT2D eigenvalue weighted by Gasteiger charge is 2.42. The van der Waals surface area contributed by atoms with Crippen LogP contribution in [0.25, 0.3) is 0 Å². The number of hydrogen-bond donors (Lipinski definition) is 2. The van der Waals surface area contributed by atoms with Gasteiger partial charge in [0.25, 0.3) is 0 Å². The molecule has 7 heteroatoms. The maximum atomic E-state index is 11.7. The highest BCUT2D eigenvalue weighted by Crippen LogP contribution is 2.21. The Kier molecular flexibility index (Phi) is 7.50. The molecule has 0 aliphatic rings. The van der Waals surface area contributed by atoms with Crippen LogP contribution < -0.4 is 5.48 Å². The fourth-order valence-corrected chi connectivity index (χ4v) is 2.11. The third-order valence-electron chi connectivity index (χ3n) is 3.05. The van der Waals surface area contributed by atoms with E-state index in [1.54, 1.807) is 12.1 Å². The largest absolute Gasteiger partial charge is 0.479 e. The lowest BCUT2D eigenvalue weighted by atomic mass is 9.93. The van der Waals surface area contributed by atoms with Crippen LogP contribution in [0, 0.1) is 5.92 Å². The van der Waals surface area contributed by atoms with E-state index in [9.17, 15) is 14.7 Å². The molecule has 0 aliphatic carbocycles. The average Bonchev–Trinajstić information content (AvgIpc) is 2.51. The number of carbonyl (C=O) groups is 2. The van der Waals surface area contributed by atoms with Crippen LogP contribution in [0.5, 0.6) is 0 Å². The van der Waals surface area contributed by atoms with E-state index in [2.05, 4.69) is 0 Å². The highest BCUT2D eigenvalue weighted by molar-refractivity contribution is 5.78. The van der Waals surface area contributed by atoms with Crippen molar-refractivity contribution in [3.63, 3.8) is 0 Å². The second-order valence-electron chi connectivity index (χ2n) is 5.60. The first-order chi connectivity index (χ1) is 10.9. The van der Waals surface area contributed by atoms with Crippen LogP contribution in [-0.4, -0.2) is 36.5 Å². The molecule has 1 atom stereocenters. The second-order valence-corrected chi connectivity index (χ2v) is 5.60.